The van der Waals surface area contributed by atoms with Crippen molar-refractivity contribution in [1.29, 1.82) is 0 Å². The van der Waals surface area contributed by atoms with Crippen molar-refractivity contribution in [3.8, 4) is 0 Å². The summed E-state index contributed by atoms with van der Waals surface area (Å²) >= 11 is 12.2. The SMILES string of the molecule is CC(=O)N1CCC12CCN(C(=O)c1cc3c(Cl)c(Cl)ccc3[nH]1)C2. The van der Waals surface area contributed by atoms with E-state index < -0.39 is 0 Å². The molecule has 2 aromatic rings. The minimum atomic E-state index is -0.158. The highest BCUT2D eigenvalue weighted by molar-refractivity contribution is 6.45. The maximum absolute atomic E-state index is 12.8. The predicted octanol–water partition coefficient (Wildman–Crippen LogP) is 3.31. The largest absolute Gasteiger partial charge is 0.350 e. The van der Waals surface area contributed by atoms with E-state index in [1.165, 1.54) is 0 Å². The molecule has 7 heteroatoms. The fourth-order valence-electron chi connectivity index (χ4n) is 3.91. The van der Waals surface area contributed by atoms with Gasteiger partial charge in [0.1, 0.15) is 5.69 Å². The molecule has 2 fully saturated rings. The standard InChI is InChI=1S/C17H17Cl2N3O2/c1-10(23)22-7-5-17(22)4-6-21(9-17)16(24)14-8-11-13(20-14)3-2-12(18)15(11)19/h2-3,8,20H,4-7,9H2,1H3. The Morgan fingerprint density at radius 2 is 1.96 bits per heavy atom. The summed E-state index contributed by atoms with van der Waals surface area (Å²) in [5, 5.41) is 1.66. The van der Waals surface area contributed by atoms with Gasteiger partial charge in [0.25, 0.3) is 5.91 Å². The zero-order valence-corrected chi connectivity index (χ0v) is 14.7. The van der Waals surface area contributed by atoms with Crippen LogP contribution in [0.5, 0.6) is 0 Å². The molecule has 1 N–H and O–H groups in total. The number of nitrogens with one attached hydrogen (secondary N) is 1. The van der Waals surface area contributed by atoms with Crippen molar-refractivity contribution in [2.45, 2.75) is 25.3 Å². The molecule has 1 aromatic heterocycles. The van der Waals surface area contributed by atoms with Crippen LogP contribution in [0.1, 0.15) is 30.3 Å². The lowest BCUT2D eigenvalue weighted by molar-refractivity contribution is -0.143. The molecule has 1 atom stereocenters. The molecule has 0 saturated carbocycles. The van der Waals surface area contributed by atoms with E-state index in [1.54, 1.807) is 19.1 Å². The van der Waals surface area contributed by atoms with Gasteiger partial charge in [-0.15, -0.1) is 0 Å². The summed E-state index contributed by atoms with van der Waals surface area (Å²) < 4.78 is 0. The summed E-state index contributed by atoms with van der Waals surface area (Å²) in [4.78, 5) is 31.4. The summed E-state index contributed by atoms with van der Waals surface area (Å²) in [7, 11) is 0. The first-order valence-corrected chi connectivity index (χ1v) is 8.71. The van der Waals surface area contributed by atoms with Gasteiger partial charge in [0.2, 0.25) is 5.91 Å². The Morgan fingerprint density at radius 1 is 1.21 bits per heavy atom. The van der Waals surface area contributed by atoms with E-state index in [0.717, 1.165) is 30.3 Å². The molecule has 2 saturated heterocycles. The topological polar surface area (TPSA) is 56.4 Å². The maximum Gasteiger partial charge on any atom is 0.270 e. The number of benzene rings is 1. The van der Waals surface area contributed by atoms with Crippen LogP contribution in [-0.4, -0.2) is 51.8 Å². The number of nitrogens with zero attached hydrogens (tertiary/aromatic N) is 2. The monoisotopic (exact) mass is 365 g/mol. The van der Waals surface area contributed by atoms with Gasteiger partial charge in [0.15, 0.2) is 0 Å². The Balaban J connectivity index is 1.59. The van der Waals surface area contributed by atoms with Gasteiger partial charge in [-0.05, 0) is 31.0 Å². The number of aromatic amines is 1. The molecule has 2 aliphatic heterocycles. The van der Waals surface area contributed by atoms with E-state index in [0.29, 0.717) is 28.8 Å². The molecule has 0 aliphatic carbocycles. The van der Waals surface area contributed by atoms with Gasteiger partial charge in [-0.1, -0.05) is 23.2 Å². The molecule has 2 amide bonds. The van der Waals surface area contributed by atoms with Crippen LogP contribution in [0.15, 0.2) is 18.2 Å². The number of likely N-dealkylation sites (tertiary alicyclic amines) is 2. The Bertz CT molecular complexity index is 863. The number of fused-ring (bicyclic) bond motifs is 1. The number of amides is 2. The molecule has 1 unspecified atom stereocenters. The van der Waals surface area contributed by atoms with E-state index in [-0.39, 0.29) is 17.4 Å². The fraction of sp³-hybridized carbons (Fsp3) is 0.412. The van der Waals surface area contributed by atoms with Crippen LogP contribution in [0.4, 0.5) is 0 Å². The molecule has 0 radical (unpaired) electrons. The normalized spacial score (nSPS) is 23.1. The third kappa shape index (κ3) is 2.22. The van der Waals surface area contributed by atoms with Crippen molar-refractivity contribution in [3.05, 3.63) is 33.9 Å². The number of H-pyrrole nitrogens is 1. The molecule has 1 spiro atoms. The Labute approximate surface area is 149 Å². The number of hydrogen-bond acceptors (Lipinski definition) is 2. The Morgan fingerprint density at radius 3 is 2.62 bits per heavy atom. The van der Waals surface area contributed by atoms with Gasteiger partial charge in [-0.25, -0.2) is 0 Å². The highest BCUT2D eigenvalue weighted by Crippen LogP contribution is 2.39. The molecule has 126 valence electrons. The van der Waals surface area contributed by atoms with Gasteiger partial charge in [0, 0.05) is 37.5 Å². The van der Waals surface area contributed by atoms with Crippen LogP contribution in [-0.2, 0) is 4.79 Å². The van der Waals surface area contributed by atoms with Gasteiger partial charge in [-0.2, -0.15) is 0 Å². The van der Waals surface area contributed by atoms with Crippen LogP contribution in [0.3, 0.4) is 0 Å². The van der Waals surface area contributed by atoms with Gasteiger partial charge < -0.3 is 14.8 Å². The van der Waals surface area contributed by atoms with E-state index in [1.807, 2.05) is 15.9 Å². The molecule has 3 heterocycles. The smallest absolute Gasteiger partial charge is 0.270 e. The Kier molecular flexibility index (Phi) is 3.55. The first-order chi connectivity index (χ1) is 11.4. The van der Waals surface area contributed by atoms with Crippen LogP contribution in [0, 0.1) is 0 Å². The zero-order valence-electron chi connectivity index (χ0n) is 13.2. The van der Waals surface area contributed by atoms with Crippen LogP contribution in [0.25, 0.3) is 10.9 Å². The van der Waals surface area contributed by atoms with E-state index >= 15 is 0 Å². The highest BCUT2D eigenvalue weighted by atomic mass is 35.5. The molecule has 5 nitrogen and oxygen atoms in total. The van der Waals surface area contributed by atoms with Crippen molar-refractivity contribution in [2.24, 2.45) is 0 Å². The molecular weight excluding hydrogens is 349 g/mol. The minimum absolute atomic E-state index is 0.0642. The van der Waals surface area contributed by atoms with Gasteiger partial charge in [-0.3, -0.25) is 9.59 Å². The number of carbonyl (C=O) groups excluding carboxylic acids is 2. The first kappa shape index (κ1) is 15.8. The predicted molar refractivity (Wildman–Crippen MR) is 93.6 cm³/mol. The summed E-state index contributed by atoms with van der Waals surface area (Å²) in [6.45, 7) is 3.63. The first-order valence-electron chi connectivity index (χ1n) is 7.95. The highest BCUT2D eigenvalue weighted by Gasteiger charge is 2.51. The molecule has 0 bridgehead atoms. The second-order valence-electron chi connectivity index (χ2n) is 6.63. The quantitative estimate of drug-likeness (QED) is 0.842. The molecule has 24 heavy (non-hydrogen) atoms. The van der Waals surface area contributed by atoms with Crippen LogP contribution in [0.2, 0.25) is 10.0 Å². The number of halogens is 2. The summed E-state index contributed by atoms with van der Waals surface area (Å²) in [5.41, 5.74) is 1.13. The van der Waals surface area contributed by atoms with Crippen molar-refractivity contribution in [2.75, 3.05) is 19.6 Å². The summed E-state index contributed by atoms with van der Waals surface area (Å²) in [5.74, 6) is 0.0215. The number of hydrogen-bond donors (Lipinski definition) is 1. The lowest BCUT2D eigenvalue weighted by Crippen LogP contribution is -2.63. The average molecular weight is 366 g/mol. The second kappa shape index (κ2) is 5.39. The number of aromatic nitrogens is 1. The molecule has 4 rings (SSSR count). The molecule has 2 aliphatic rings. The third-order valence-electron chi connectivity index (χ3n) is 5.29. The van der Waals surface area contributed by atoms with Crippen molar-refractivity contribution >= 4 is 45.9 Å². The number of rotatable bonds is 1. The number of carbonyl (C=O) groups is 2. The second-order valence-corrected chi connectivity index (χ2v) is 7.41. The third-order valence-corrected chi connectivity index (χ3v) is 6.11. The summed E-state index contributed by atoms with van der Waals surface area (Å²) in [6.07, 6.45) is 1.80. The van der Waals surface area contributed by atoms with Gasteiger partial charge >= 0.3 is 0 Å². The van der Waals surface area contributed by atoms with E-state index in [2.05, 4.69) is 4.98 Å². The van der Waals surface area contributed by atoms with Crippen molar-refractivity contribution < 1.29 is 9.59 Å². The Hall–Kier alpha value is -1.72. The summed E-state index contributed by atoms with van der Waals surface area (Å²) in [6, 6.07) is 5.27. The van der Waals surface area contributed by atoms with Crippen molar-refractivity contribution in [1.82, 2.24) is 14.8 Å². The zero-order chi connectivity index (χ0) is 17.1. The van der Waals surface area contributed by atoms with Crippen LogP contribution < -0.4 is 0 Å². The average Bonchev–Trinajstić information content (AvgIpc) is 3.14. The van der Waals surface area contributed by atoms with E-state index in [4.69, 9.17) is 23.2 Å². The maximum atomic E-state index is 12.8. The van der Waals surface area contributed by atoms with Gasteiger partial charge in [0.05, 0.1) is 15.6 Å². The molecular formula is C17H17Cl2N3O2. The minimum Gasteiger partial charge on any atom is -0.350 e. The lowest BCUT2D eigenvalue weighted by atomic mass is 9.84. The lowest BCUT2D eigenvalue weighted by Gasteiger charge is -2.50. The fourth-order valence-corrected chi connectivity index (χ4v) is 4.30. The van der Waals surface area contributed by atoms with Crippen LogP contribution >= 0.6 is 23.2 Å². The molecule has 1 aromatic carbocycles. The van der Waals surface area contributed by atoms with E-state index in [9.17, 15) is 9.59 Å². The van der Waals surface area contributed by atoms with Crippen molar-refractivity contribution in [3.63, 3.8) is 0 Å².